The molecule has 112 valence electrons. The molecule has 0 unspecified atom stereocenters. The maximum Gasteiger partial charge on any atom is 0.342 e. The Hall–Kier alpha value is -1.91. The Balaban J connectivity index is 3.24. The molecule has 0 aliphatic heterocycles. The molecule has 0 aliphatic rings. The monoisotopic (exact) mass is 282 g/mol. The van der Waals surface area contributed by atoms with Crippen LogP contribution in [0.4, 0.5) is 0 Å². The van der Waals surface area contributed by atoms with Crippen LogP contribution in [0, 0.1) is 0 Å². The fourth-order valence-electron chi connectivity index (χ4n) is 1.72. The molecule has 20 heavy (non-hydrogen) atoms. The Morgan fingerprint density at radius 3 is 1.80 bits per heavy atom. The number of benzene rings is 1. The average molecular weight is 282 g/mol. The average Bonchev–Trinajstić information content (AvgIpc) is 2.42. The van der Waals surface area contributed by atoms with Crippen LogP contribution < -0.4 is 14.2 Å². The van der Waals surface area contributed by atoms with Crippen LogP contribution in [0.2, 0.25) is 0 Å². The van der Waals surface area contributed by atoms with Crippen molar-refractivity contribution < 1.29 is 23.7 Å². The van der Waals surface area contributed by atoms with Gasteiger partial charge in [0.05, 0.1) is 26.4 Å². The summed E-state index contributed by atoms with van der Waals surface area (Å²) in [4.78, 5) is 12.0. The molecule has 0 aromatic heterocycles. The molecule has 0 atom stereocenters. The van der Waals surface area contributed by atoms with E-state index < -0.39 is 5.97 Å². The van der Waals surface area contributed by atoms with Crippen LogP contribution in [0.5, 0.6) is 17.2 Å². The Morgan fingerprint density at radius 2 is 1.30 bits per heavy atom. The predicted molar refractivity (Wildman–Crippen MR) is 75.9 cm³/mol. The van der Waals surface area contributed by atoms with E-state index in [0.717, 1.165) is 0 Å². The molecular formula is C15H22O5. The molecule has 0 saturated carbocycles. The van der Waals surface area contributed by atoms with Gasteiger partial charge in [-0.25, -0.2) is 4.79 Å². The smallest absolute Gasteiger partial charge is 0.342 e. The molecule has 0 bridgehead atoms. The van der Waals surface area contributed by atoms with Gasteiger partial charge in [0, 0.05) is 12.1 Å². The summed E-state index contributed by atoms with van der Waals surface area (Å²) in [5.41, 5.74) is 0.348. The van der Waals surface area contributed by atoms with Crippen molar-refractivity contribution in [2.75, 3.05) is 26.4 Å². The van der Waals surface area contributed by atoms with E-state index >= 15 is 0 Å². The van der Waals surface area contributed by atoms with Gasteiger partial charge < -0.3 is 18.9 Å². The van der Waals surface area contributed by atoms with Crippen molar-refractivity contribution in [2.24, 2.45) is 0 Å². The number of rotatable bonds is 8. The van der Waals surface area contributed by atoms with Crippen molar-refractivity contribution in [1.29, 1.82) is 0 Å². The summed E-state index contributed by atoms with van der Waals surface area (Å²) < 4.78 is 21.5. The summed E-state index contributed by atoms with van der Waals surface area (Å²) in [6, 6.07) is 3.28. The largest absolute Gasteiger partial charge is 0.493 e. The second-order valence-corrected chi connectivity index (χ2v) is 3.81. The molecule has 1 rings (SSSR count). The van der Waals surface area contributed by atoms with Gasteiger partial charge in [-0.2, -0.15) is 0 Å². The Labute approximate surface area is 119 Å². The lowest BCUT2D eigenvalue weighted by molar-refractivity contribution is 0.0521. The first-order valence-electron chi connectivity index (χ1n) is 6.91. The fraction of sp³-hybridized carbons (Fsp3) is 0.533. The molecule has 0 amide bonds. The molecule has 0 radical (unpaired) electrons. The lowest BCUT2D eigenvalue weighted by atomic mass is 10.1. The van der Waals surface area contributed by atoms with Crippen molar-refractivity contribution in [2.45, 2.75) is 27.7 Å². The van der Waals surface area contributed by atoms with Gasteiger partial charge >= 0.3 is 5.97 Å². The van der Waals surface area contributed by atoms with E-state index in [1.54, 1.807) is 19.1 Å². The fourth-order valence-corrected chi connectivity index (χ4v) is 1.72. The van der Waals surface area contributed by atoms with Crippen LogP contribution in [0.15, 0.2) is 12.1 Å². The zero-order valence-corrected chi connectivity index (χ0v) is 12.5. The van der Waals surface area contributed by atoms with E-state index in [1.807, 2.05) is 20.8 Å². The summed E-state index contributed by atoms with van der Waals surface area (Å²) >= 11 is 0. The predicted octanol–water partition coefficient (Wildman–Crippen LogP) is 3.06. The zero-order valence-electron chi connectivity index (χ0n) is 12.5. The number of ether oxygens (including phenoxy) is 4. The van der Waals surface area contributed by atoms with Crippen LogP contribution >= 0.6 is 0 Å². The SMILES string of the molecule is CCOC(=O)c1cc(OCC)c(OCC)cc1OCC. The van der Waals surface area contributed by atoms with Gasteiger partial charge in [-0.3, -0.25) is 0 Å². The van der Waals surface area contributed by atoms with Gasteiger partial charge in [0.25, 0.3) is 0 Å². The minimum absolute atomic E-state index is 0.307. The lowest BCUT2D eigenvalue weighted by Crippen LogP contribution is -2.09. The van der Waals surface area contributed by atoms with E-state index in [-0.39, 0.29) is 0 Å². The highest BCUT2D eigenvalue weighted by molar-refractivity contribution is 5.93. The molecule has 1 aromatic rings. The quantitative estimate of drug-likeness (QED) is 0.686. The maximum absolute atomic E-state index is 12.0. The summed E-state index contributed by atoms with van der Waals surface area (Å²) in [5.74, 6) is 1.09. The van der Waals surface area contributed by atoms with Gasteiger partial charge in [-0.15, -0.1) is 0 Å². The van der Waals surface area contributed by atoms with Crippen molar-refractivity contribution >= 4 is 5.97 Å². The van der Waals surface area contributed by atoms with Crippen molar-refractivity contribution in [3.8, 4) is 17.2 Å². The van der Waals surface area contributed by atoms with E-state index in [2.05, 4.69) is 0 Å². The minimum Gasteiger partial charge on any atom is -0.493 e. The number of carbonyl (C=O) groups is 1. The Kier molecular flexibility index (Phi) is 6.70. The number of carbonyl (C=O) groups excluding carboxylic acids is 1. The molecule has 1 aromatic carbocycles. The molecule has 0 saturated heterocycles. The summed E-state index contributed by atoms with van der Waals surface area (Å²) in [6.45, 7) is 9.11. The van der Waals surface area contributed by atoms with E-state index in [4.69, 9.17) is 18.9 Å². The van der Waals surface area contributed by atoms with E-state index in [1.165, 1.54) is 0 Å². The molecule has 0 heterocycles. The summed E-state index contributed by atoms with van der Waals surface area (Å²) in [5, 5.41) is 0. The Morgan fingerprint density at radius 1 is 0.800 bits per heavy atom. The van der Waals surface area contributed by atoms with Crippen LogP contribution in [0.25, 0.3) is 0 Å². The first-order chi connectivity index (χ1) is 9.67. The van der Waals surface area contributed by atoms with Crippen molar-refractivity contribution in [3.63, 3.8) is 0 Å². The first kappa shape index (κ1) is 16.1. The minimum atomic E-state index is -0.431. The molecular weight excluding hydrogens is 260 g/mol. The van der Waals surface area contributed by atoms with Gasteiger partial charge in [0.2, 0.25) is 0 Å². The molecule has 0 spiro atoms. The highest BCUT2D eigenvalue weighted by atomic mass is 16.5. The van der Waals surface area contributed by atoms with Gasteiger partial charge in [0.1, 0.15) is 11.3 Å². The van der Waals surface area contributed by atoms with E-state index in [0.29, 0.717) is 49.2 Å². The highest BCUT2D eigenvalue weighted by Gasteiger charge is 2.19. The lowest BCUT2D eigenvalue weighted by Gasteiger charge is -2.16. The topological polar surface area (TPSA) is 54.0 Å². The second kappa shape index (κ2) is 8.30. The van der Waals surface area contributed by atoms with Crippen LogP contribution in [0.3, 0.4) is 0 Å². The van der Waals surface area contributed by atoms with E-state index in [9.17, 15) is 4.79 Å². The van der Waals surface area contributed by atoms with Gasteiger partial charge in [-0.1, -0.05) is 0 Å². The first-order valence-corrected chi connectivity index (χ1v) is 6.91. The maximum atomic E-state index is 12.0. The molecule has 5 nitrogen and oxygen atoms in total. The summed E-state index contributed by atoms with van der Waals surface area (Å²) in [7, 11) is 0. The third-order valence-corrected chi connectivity index (χ3v) is 2.44. The highest BCUT2D eigenvalue weighted by Crippen LogP contribution is 2.35. The molecule has 0 fully saturated rings. The normalized spacial score (nSPS) is 10.0. The van der Waals surface area contributed by atoms with Crippen molar-refractivity contribution in [1.82, 2.24) is 0 Å². The van der Waals surface area contributed by atoms with Gasteiger partial charge in [-0.05, 0) is 27.7 Å². The third-order valence-electron chi connectivity index (χ3n) is 2.44. The van der Waals surface area contributed by atoms with Crippen molar-refractivity contribution in [3.05, 3.63) is 17.7 Å². The molecule has 5 heteroatoms. The van der Waals surface area contributed by atoms with Crippen LogP contribution in [-0.4, -0.2) is 32.4 Å². The summed E-state index contributed by atoms with van der Waals surface area (Å²) in [6.07, 6.45) is 0. The van der Waals surface area contributed by atoms with Crippen LogP contribution in [0.1, 0.15) is 38.1 Å². The zero-order chi connectivity index (χ0) is 15.0. The standard InChI is InChI=1S/C15H22O5/c1-5-17-12-10-14(19-7-3)13(18-6-2)9-11(12)15(16)20-8-4/h9-10H,5-8H2,1-4H3. The third kappa shape index (κ3) is 4.05. The molecule has 0 N–H and O–H groups in total. The second-order valence-electron chi connectivity index (χ2n) is 3.81. The number of hydrogen-bond acceptors (Lipinski definition) is 5. The number of hydrogen-bond donors (Lipinski definition) is 0. The molecule has 0 aliphatic carbocycles. The van der Waals surface area contributed by atoms with Gasteiger partial charge in [0.15, 0.2) is 11.5 Å². The Bertz CT molecular complexity index is 442. The van der Waals surface area contributed by atoms with Crippen LogP contribution in [-0.2, 0) is 4.74 Å². The number of esters is 1.